The molecule has 0 amide bonds. The number of thioether (sulfide) groups is 1. The predicted molar refractivity (Wildman–Crippen MR) is 92.3 cm³/mol. The van der Waals surface area contributed by atoms with E-state index in [1.807, 2.05) is 17.8 Å². The second-order valence-corrected chi connectivity index (χ2v) is 7.20. The van der Waals surface area contributed by atoms with Crippen molar-refractivity contribution < 1.29 is 0 Å². The Hall–Kier alpha value is -0.960. The molecular formula is C18H20ClNS. The van der Waals surface area contributed by atoms with Crippen LogP contribution in [0.2, 0.25) is 5.02 Å². The molecule has 0 aliphatic carbocycles. The van der Waals surface area contributed by atoms with Gasteiger partial charge in [-0.15, -0.1) is 11.8 Å². The fourth-order valence-electron chi connectivity index (χ4n) is 2.93. The third-order valence-corrected chi connectivity index (χ3v) is 5.54. The van der Waals surface area contributed by atoms with Crippen LogP contribution in [0.15, 0.2) is 41.3 Å². The van der Waals surface area contributed by atoms with E-state index in [2.05, 4.69) is 49.5 Å². The second kappa shape index (κ2) is 6.43. The zero-order chi connectivity index (χ0) is 14.8. The quantitative estimate of drug-likeness (QED) is 0.826. The summed E-state index contributed by atoms with van der Waals surface area (Å²) < 4.78 is 0. The van der Waals surface area contributed by atoms with Gasteiger partial charge in [0, 0.05) is 22.5 Å². The number of nitrogens with one attached hydrogen (secondary N) is 1. The molecule has 0 radical (unpaired) electrons. The Bertz CT molecular complexity index is 633. The zero-order valence-corrected chi connectivity index (χ0v) is 14.0. The fourth-order valence-corrected chi connectivity index (χ4v) is 4.22. The standard InChI is InChI=1S/C18H20ClNS/c1-12-4-3-5-13(2)16(12)11-20-17-8-9-21-18-7-6-14(19)10-15(17)18/h3-7,10,17,20H,8-9,11H2,1-2H3. The third kappa shape index (κ3) is 3.28. The van der Waals surface area contributed by atoms with Crippen LogP contribution >= 0.6 is 23.4 Å². The summed E-state index contributed by atoms with van der Waals surface area (Å²) in [7, 11) is 0. The molecule has 21 heavy (non-hydrogen) atoms. The van der Waals surface area contributed by atoms with Crippen LogP contribution in [0.4, 0.5) is 0 Å². The van der Waals surface area contributed by atoms with E-state index in [-0.39, 0.29) is 0 Å². The zero-order valence-electron chi connectivity index (χ0n) is 12.4. The van der Waals surface area contributed by atoms with Crippen LogP contribution < -0.4 is 5.32 Å². The lowest BCUT2D eigenvalue weighted by molar-refractivity contribution is 0.508. The molecule has 0 fully saturated rings. The second-order valence-electron chi connectivity index (χ2n) is 5.62. The van der Waals surface area contributed by atoms with Crippen LogP contribution in [0.25, 0.3) is 0 Å². The Kier molecular flexibility index (Phi) is 4.58. The van der Waals surface area contributed by atoms with Crippen molar-refractivity contribution in [1.29, 1.82) is 0 Å². The summed E-state index contributed by atoms with van der Waals surface area (Å²) >= 11 is 8.10. The Balaban J connectivity index is 1.80. The average Bonchev–Trinajstić information content (AvgIpc) is 2.47. The van der Waals surface area contributed by atoms with E-state index in [4.69, 9.17) is 11.6 Å². The molecule has 1 atom stereocenters. The number of hydrogen-bond acceptors (Lipinski definition) is 2. The molecule has 1 aliphatic heterocycles. The van der Waals surface area contributed by atoms with Gasteiger partial charge in [0.1, 0.15) is 0 Å². The molecule has 1 heterocycles. The van der Waals surface area contributed by atoms with Gasteiger partial charge in [0.25, 0.3) is 0 Å². The van der Waals surface area contributed by atoms with E-state index in [0.29, 0.717) is 6.04 Å². The summed E-state index contributed by atoms with van der Waals surface area (Å²) in [4.78, 5) is 1.37. The van der Waals surface area contributed by atoms with Crippen molar-refractivity contribution >= 4 is 23.4 Å². The lowest BCUT2D eigenvalue weighted by Gasteiger charge is -2.27. The summed E-state index contributed by atoms with van der Waals surface area (Å²) in [6.07, 6.45) is 1.16. The summed E-state index contributed by atoms with van der Waals surface area (Å²) in [5.41, 5.74) is 5.49. The molecule has 2 aromatic rings. The van der Waals surface area contributed by atoms with E-state index in [0.717, 1.165) is 18.0 Å². The maximum Gasteiger partial charge on any atom is 0.0410 e. The van der Waals surface area contributed by atoms with Gasteiger partial charge in [-0.05, 0) is 66.5 Å². The topological polar surface area (TPSA) is 12.0 Å². The first kappa shape index (κ1) is 15.0. The Labute approximate surface area is 136 Å². The summed E-state index contributed by atoms with van der Waals surface area (Å²) in [5, 5.41) is 4.56. The van der Waals surface area contributed by atoms with Crippen molar-refractivity contribution in [2.24, 2.45) is 0 Å². The van der Waals surface area contributed by atoms with E-state index in [9.17, 15) is 0 Å². The Morgan fingerprint density at radius 2 is 1.95 bits per heavy atom. The van der Waals surface area contributed by atoms with Gasteiger partial charge < -0.3 is 5.32 Å². The van der Waals surface area contributed by atoms with Gasteiger partial charge in [-0.3, -0.25) is 0 Å². The molecule has 1 N–H and O–H groups in total. The first-order valence-electron chi connectivity index (χ1n) is 7.36. The normalized spacial score (nSPS) is 17.6. The first-order chi connectivity index (χ1) is 10.1. The van der Waals surface area contributed by atoms with Crippen LogP contribution in [0, 0.1) is 13.8 Å². The average molecular weight is 318 g/mol. The summed E-state index contributed by atoms with van der Waals surface area (Å²) in [6.45, 7) is 5.29. The highest BCUT2D eigenvalue weighted by atomic mass is 35.5. The molecular weight excluding hydrogens is 298 g/mol. The largest absolute Gasteiger partial charge is 0.306 e. The van der Waals surface area contributed by atoms with Crippen molar-refractivity contribution in [1.82, 2.24) is 5.32 Å². The van der Waals surface area contributed by atoms with E-state index in [1.54, 1.807) is 0 Å². The molecule has 110 valence electrons. The number of hydrogen-bond donors (Lipinski definition) is 1. The highest BCUT2D eigenvalue weighted by Crippen LogP contribution is 2.37. The maximum atomic E-state index is 6.17. The number of rotatable bonds is 3. The predicted octanol–water partition coefficient (Wildman–Crippen LogP) is 5.28. The summed E-state index contributed by atoms with van der Waals surface area (Å²) in [5.74, 6) is 1.17. The third-order valence-electron chi connectivity index (χ3n) is 4.18. The summed E-state index contributed by atoms with van der Waals surface area (Å²) in [6, 6.07) is 13.2. The van der Waals surface area contributed by atoms with Crippen molar-refractivity contribution in [3.05, 3.63) is 63.7 Å². The molecule has 0 spiro atoms. The van der Waals surface area contributed by atoms with Crippen molar-refractivity contribution in [2.45, 2.75) is 37.8 Å². The molecule has 2 aromatic carbocycles. The Morgan fingerprint density at radius 3 is 2.71 bits per heavy atom. The smallest absolute Gasteiger partial charge is 0.0410 e. The van der Waals surface area contributed by atoms with Gasteiger partial charge in [0.05, 0.1) is 0 Å². The molecule has 0 saturated heterocycles. The SMILES string of the molecule is Cc1cccc(C)c1CNC1CCSc2ccc(Cl)cc21. The van der Waals surface area contributed by atoms with Gasteiger partial charge in [0.2, 0.25) is 0 Å². The van der Waals surface area contributed by atoms with Crippen molar-refractivity contribution in [3.8, 4) is 0 Å². The van der Waals surface area contributed by atoms with E-state index < -0.39 is 0 Å². The molecule has 3 rings (SSSR count). The highest BCUT2D eigenvalue weighted by Gasteiger charge is 2.20. The minimum absolute atomic E-state index is 0.402. The first-order valence-corrected chi connectivity index (χ1v) is 8.72. The Morgan fingerprint density at radius 1 is 1.19 bits per heavy atom. The highest BCUT2D eigenvalue weighted by molar-refractivity contribution is 7.99. The monoisotopic (exact) mass is 317 g/mol. The molecule has 0 bridgehead atoms. The number of fused-ring (bicyclic) bond motifs is 1. The van der Waals surface area contributed by atoms with Gasteiger partial charge in [0.15, 0.2) is 0 Å². The molecule has 3 heteroatoms. The molecule has 1 aliphatic rings. The lowest BCUT2D eigenvalue weighted by atomic mass is 10.0. The van der Waals surface area contributed by atoms with Gasteiger partial charge in [-0.2, -0.15) is 0 Å². The van der Waals surface area contributed by atoms with E-state index >= 15 is 0 Å². The van der Waals surface area contributed by atoms with Gasteiger partial charge >= 0.3 is 0 Å². The molecule has 0 aromatic heterocycles. The molecule has 1 unspecified atom stereocenters. The minimum Gasteiger partial charge on any atom is -0.306 e. The maximum absolute atomic E-state index is 6.17. The fraction of sp³-hybridized carbons (Fsp3) is 0.333. The number of benzene rings is 2. The van der Waals surface area contributed by atoms with E-state index in [1.165, 1.54) is 32.9 Å². The molecule has 0 saturated carbocycles. The lowest BCUT2D eigenvalue weighted by Crippen LogP contribution is -2.25. The van der Waals surface area contributed by atoms with Gasteiger partial charge in [-0.25, -0.2) is 0 Å². The molecule has 1 nitrogen and oxygen atoms in total. The van der Waals surface area contributed by atoms with Crippen LogP contribution in [0.3, 0.4) is 0 Å². The van der Waals surface area contributed by atoms with Crippen molar-refractivity contribution in [3.63, 3.8) is 0 Å². The minimum atomic E-state index is 0.402. The van der Waals surface area contributed by atoms with Crippen molar-refractivity contribution in [2.75, 3.05) is 5.75 Å². The van der Waals surface area contributed by atoms with Crippen LogP contribution in [-0.4, -0.2) is 5.75 Å². The van der Waals surface area contributed by atoms with Crippen LogP contribution in [0.5, 0.6) is 0 Å². The number of aryl methyl sites for hydroxylation is 2. The van der Waals surface area contributed by atoms with Crippen LogP contribution in [-0.2, 0) is 6.54 Å². The van der Waals surface area contributed by atoms with Gasteiger partial charge in [-0.1, -0.05) is 29.8 Å². The number of halogens is 1. The van der Waals surface area contributed by atoms with Crippen LogP contribution in [0.1, 0.15) is 34.7 Å².